The van der Waals surface area contributed by atoms with Gasteiger partial charge in [-0.25, -0.2) is 9.78 Å². The van der Waals surface area contributed by atoms with E-state index in [9.17, 15) is 9.59 Å². The van der Waals surface area contributed by atoms with E-state index >= 15 is 0 Å². The summed E-state index contributed by atoms with van der Waals surface area (Å²) in [4.78, 5) is 31.6. The molecule has 2 atom stereocenters. The normalized spacial score (nSPS) is 17.0. The predicted molar refractivity (Wildman–Crippen MR) is 133 cm³/mol. The fraction of sp³-hybridized carbons (Fsp3) is 0.179. The minimum atomic E-state index is -0.643. The van der Waals surface area contributed by atoms with Gasteiger partial charge in [-0.3, -0.25) is 9.69 Å². The number of ether oxygens (including phenoxy) is 1. The van der Waals surface area contributed by atoms with Crippen LogP contribution in [-0.4, -0.2) is 46.0 Å². The van der Waals surface area contributed by atoms with Crippen LogP contribution in [-0.2, 0) is 22.1 Å². The number of esters is 1. The number of aromatic nitrogens is 2. The highest BCUT2D eigenvalue weighted by molar-refractivity contribution is 5.97. The molecule has 5 rings (SSSR count). The average Bonchev–Trinajstić information content (AvgIpc) is 3.63. The zero-order valence-corrected chi connectivity index (χ0v) is 19.6. The molecule has 0 radical (unpaired) electrons. The maximum absolute atomic E-state index is 13.4. The molecule has 176 valence electrons. The Kier molecular flexibility index (Phi) is 5.93. The predicted octanol–water partition coefficient (Wildman–Crippen LogP) is 3.82. The Bertz CT molecular complexity index is 1240. The van der Waals surface area contributed by atoms with Crippen LogP contribution >= 0.6 is 0 Å². The van der Waals surface area contributed by atoms with E-state index in [-0.39, 0.29) is 17.8 Å². The van der Waals surface area contributed by atoms with Crippen molar-refractivity contribution in [2.24, 2.45) is 7.05 Å². The van der Waals surface area contributed by atoms with Gasteiger partial charge < -0.3 is 14.6 Å². The van der Waals surface area contributed by atoms with Crippen molar-refractivity contribution in [2.75, 3.05) is 19.0 Å². The van der Waals surface area contributed by atoms with Gasteiger partial charge in [0.1, 0.15) is 11.9 Å². The van der Waals surface area contributed by atoms with Crippen LogP contribution in [0.15, 0.2) is 97.2 Å². The quantitative estimate of drug-likeness (QED) is 0.255. The highest BCUT2D eigenvalue weighted by Gasteiger charge is 2.56. The van der Waals surface area contributed by atoms with Gasteiger partial charge in [0.2, 0.25) is 11.7 Å². The molecule has 1 fully saturated rings. The van der Waals surface area contributed by atoms with Crippen LogP contribution in [0.3, 0.4) is 0 Å². The van der Waals surface area contributed by atoms with E-state index in [0.29, 0.717) is 12.4 Å². The van der Waals surface area contributed by atoms with Crippen LogP contribution in [0, 0.1) is 0 Å². The number of carbonyl (C=O) groups is 2. The van der Waals surface area contributed by atoms with Crippen molar-refractivity contribution in [3.8, 4) is 0 Å². The highest BCUT2D eigenvalue weighted by atomic mass is 16.5. The summed E-state index contributed by atoms with van der Waals surface area (Å²) < 4.78 is 6.28. The van der Waals surface area contributed by atoms with E-state index < -0.39 is 11.5 Å². The van der Waals surface area contributed by atoms with E-state index in [0.717, 1.165) is 16.7 Å². The van der Waals surface area contributed by atoms with Gasteiger partial charge in [-0.15, -0.1) is 0 Å². The van der Waals surface area contributed by atoms with Gasteiger partial charge in [0.05, 0.1) is 18.8 Å². The van der Waals surface area contributed by atoms with E-state index in [1.807, 2.05) is 54.6 Å². The number of nitrogens with zero attached hydrogens (tertiary/aromatic N) is 3. The number of methoxy groups -OCH3 is 1. The third kappa shape index (κ3) is 3.90. The molecule has 3 aromatic carbocycles. The lowest BCUT2D eigenvalue weighted by atomic mass is 9.76. The van der Waals surface area contributed by atoms with Gasteiger partial charge in [0.25, 0.3) is 0 Å². The molecule has 1 amide bonds. The van der Waals surface area contributed by atoms with E-state index in [1.54, 1.807) is 7.05 Å². The molecule has 1 aliphatic heterocycles. The summed E-state index contributed by atoms with van der Waals surface area (Å²) >= 11 is 0. The molecule has 1 N–H and O–H groups in total. The van der Waals surface area contributed by atoms with Crippen molar-refractivity contribution < 1.29 is 14.3 Å². The zero-order chi connectivity index (χ0) is 24.4. The Balaban J connectivity index is 1.54. The molecule has 0 saturated carbocycles. The van der Waals surface area contributed by atoms with Crippen molar-refractivity contribution in [1.82, 2.24) is 14.5 Å². The monoisotopic (exact) mass is 466 g/mol. The molecule has 0 bridgehead atoms. The number of nitrogens with one attached hydrogen (secondary N) is 1. The molecule has 4 aromatic rings. The molecular weight excluding hydrogens is 440 g/mol. The Hall–Kier alpha value is -4.23. The molecule has 0 spiro atoms. The molecule has 1 aliphatic rings. The van der Waals surface area contributed by atoms with Crippen molar-refractivity contribution in [3.63, 3.8) is 0 Å². The topological polar surface area (TPSA) is 76.2 Å². The minimum Gasteiger partial charge on any atom is -0.463 e. The second-order valence-electron chi connectivity index (χ2n) is 8.48. The second-order valence-corrected chi connectivity index (χ2v) is 8.48. The number of hydrogen-bond donors (Lipinski definition) is 1. The largest absolute Gasteiger partial charge is 0.463 e. The smallest absolute Gasteiger partial charge is 0.374 e. The minimum absolute atomic E-state index is 0.127. The maximum Gasteiger partial charge on any atom is 0.374 e. The van der Waals surface area contributed by atoms with Gasteiger partial charge in [-0.2, -0.15) is 0 Å². The maximum atomic E-state index is 13.4. The van der Waals surface area contributed by atoms with Crippen LogP contribution in [0.5, 0.6) is 0 Å². The van der Waals surface area contributed by atoms with Gasteiger partial charge >= 0.3 is 5.97 Å². The lowest BCUT2D eigenvalue weighted by Gasteiger charge is -2.38. The Morgan fingerprint density at radius 3 is 1.83 bits per heavy atom. The number of hydrogen-bond acceptors (Lipinski definition) is 5. The third-order valence-electron chi connectivity index (χ3n) is 6.53. The molecule has 2 heterocycles. The number of imidazole rings is 1. The Morgan fingerprint density at radius 1 is 0.886 bits per heavy atom. The first-order valence-electron chi connectivity index (χ1n) is 11.4. The number of carbonyl (C=O) groups excluding carboxylic acids is 2. The molecule has 1 saturated heterocycles. The summed E-state index contributed by atoms with van der Waals surface area (Å²) in [6.45, 7) is 0.576. The van der Waals surface area contributed by atoms with Gasteiger partial charge in [-0.1, -0.05) is 91.0 Å². The Labute approximate surface area is 204 Å². The first-order valence-corrected chi connectivity index (χ1v) is 11.4. The molecule has 0 aliphatic carbocycles. The highest BCUT2D eigenvalue weighted by Crippen LogP contribution is 2.48. The number of anilines is 1. The van der Waals surface area contributed by atoms with Crippen LogP contribution in [0.1, 0.15) is 27.3 Å². The molecule has 7 heteroatoms. The van der Waals surface area contributed by atoms with Crippen molar-refractivity contribution in [2.45, 2.75) is 11.6 Å². The zero-order valence-electron chi connectivity index (χ0n) is 19.6. The molecule has 1 aromatic heterocycles. The fourth-order valence-corrected chi connectivity index (χ4v) is 4.79. The lowest BCUT2D eigenvalue weighted by molar-refractivity contribution is -0.116. The Morgan fingerprint density at radius 2 is 1.37 bits per heavy atom. The van der Waals surface area contributed by atoms with Gasteiger partial charge in [-0.05, 0) is 16.7 Å². The number of amides is 1. The molecule has 35 heavy (non-hydrogen) atoms. The number of rotatable bonds is 7. The summed E-state index contributed by atoms with van der Waals surface area (Å²) in [5, 5.41) is 2.94. The first-order chi connectivity index (χ1) is 17.1. The fourth-order valence-electron chi connectivity index (χ4n) is 4.79. The third-order valence-corrected chi connectivity index (χ3v) is 6.53. The average molecular weight is 467 g/mol. The number of benzene rings is 3. The van der Waals surface area contributed by atoms with Crippen molar-refractivity contribution in [1.29, 1.82) is 0 Å². The van der Waals surface area contributed by atoms with E-state index in [1.165, 1.54) is 17.9 Å². The van der Waals surface area contributed by atoms with Crippen LogP contribution in [0.25, 0.3) is 0 Å². The lowest BCUT2D eigenvalue weighted by Crippen LogP contribution is -2.40. The molecule has 7 nitrogen and oxygen atoms in total. The SMILES string of the molecule is COC(=O)c1ncc(NC(=O)[C@H]2CN2C(c2ccccc2)(c2ccccc2)c2ccccc2)n1C. The summed E-state index contributed by atoms with van der Waals surface area (Å²) in [6, 6.07) is 30.4. The standard InChI is InChI=1S/C28H26N4O3/c1-31-24(18-29-25(31)27(34)35-2)30-26(33)23-19-32(23)28(20-12-6-3-7-13-20,21-14-8-4-9-15-21)22-16-10-5-11-17-22/h3-18,23H,19H2,1-2H3,(H,30,33)/t23-,32?/m1/s1. The van der Waals surface area contributed by atoms with Crippen molar-refractivity contribution in [3.05, 3.63) is 120 Å². The molecular formula is C28H26N4O3. The van der Waals surface area contributed by atoms with Crippen LogP contribution in [0.2, 0.25) is 0 Å². The van der Waals surface area contributed by atoms with Gasteiger partial charge in [0.15, 0.2) is 0 Å². The van der Waals surface area contributed by atoms with E-state index in [2.05, 4.69) is 51.6 Å². The summed E-state index contributed by atoms with van der Waals surface area (Å²) in [6.07, 6.45) is 1.47. The van der Waals surface area contributed by atoms with Crippen LogP contribution in [0.4, 0.5) is 5.82 Å². The molecule has 1 unspecified atom stereocenters. The van der Waals surface area contributed by atoms with Crippen molar-refractivity contribution >= 4 is 17.7 Å². The van der Waals surface area contributed by atoms with E-state index in [4.69, 9.17) is 4.74 Å². The van der Waals surface area contributed by atoms with Crippen LogP contribution < -0.4 is 5.32 Å². The second kappa shape index (κ2) is 9.19. The summed E-state index contributed by atoms with van der Waals surface area (Å²) in [7, 11) is 2.97. The first kappa shape index (κ1) is 22.6. The summed E-state index contributed by atoms with van der Waals surface area (Å²) in [5.41, 5.74) is 2.61. The van der Waals surface area contributed by atoms with Gasteiger partial charge in [0, 0.05) is 13.6 Å². The summed E-state index contributed by atoms with van der Waals surface area (Å²) in [5.74, 6) is -0.150.